The van der Waals surface area contributed by atoms with E-state index in [1.54, 1.807) is 6.26 Å². The second kappa shape index (κ2) is 6.06. The predicted molar refractivity (Wildman–Crippen MR) is 65.3 cm³/mol. The first-order valence-electron chi connectivity index (χ1n) is 6.34. The van der Waals surface area contributed by atoms with E-state index < -0.39 is 0 Å². The molecule has 1 aliphatic rings. The third kappa shape index (κ3) is 3.99. The van der Waals surface area contributed by atoms with Gasteiger partial charge in [-0.05, 0) is 44.0 Å². The molecule has 1 N–H and O–H groups in total. The first-order valence-corrected chi connectivity index (χ1v) is 6.34. The average Bonchev–Trinajstić information content (AvgIpc) is 2.99. The van der Waals surface area contributed by atoms with E-state index in [1.807, 2.05) is 12.1 Å². The van der Waals surface area contributed by atoms with Crippen LogP contribution in [0.4, 0.5) is 0 Å². The predicted octanol–water partition coefficient (Wildman–Crippen LogP) is 2.10. The van der Waals surface area contributed by atoms with Crippen LogP contribution in [0.5, 0.6) is 0 Å². The Labute approximate surface area is 97.8 Å². The molecule has 0 unspecified atom stereocenters. The maximum Gasteiger partial charge on any atom is 0.117 e. The van der Waals surface area contributed by atoms with Crippen molar-refractivity contribution >= 4 is 0 Å². The largest absolute Gasteiger partial charge is 0.468 e. The van der Waals surface area contributed by atoms with E-state index >= 15 is 0 Å². The van der Waals surface area contributed by atoms with E-state index in [0.717, 1.165) is 37.9 Å². The average molecular weight is 222 g/mol. The number of nitrogens with one attached hydrogen (secondary N) is 1. The van der Waals surface area contributed by atoms with E-state index in [9.17, 15) is 0 Å². The summed E-state index contributed by atoms with van der Waals surface area (Å²) in [4.78, 5) is 2.40. The van der Waals surface area contributed by atoms with Crippen LogP contribution >= 0.6 is 0 Å². The monoisotopic (exact) mass is 222 g/mol. The van der Waals surface area contributed by atoms with Gasteiger partial charge in [0.2, 0.25) is 0 Å². The summed E-state index contributed by atoms with van der Waals surface area (Å²) < 4.78 is 5.36. The van der Waals surface area contributed by atoms with E-state index in [2.05, 4.69) is 17.1 Å². The van der Waals surface area contributed by atoms with Gasteiger partial charge in [0.1, 0.15) is 5.76 Å². The van der Waals surface area contributed by atoms with Crippen molar-refractivity contribution in [3.05, 3.63) is 24.2 Å². The molecule has 0 aliphatic heterocycles. The Kier molecular flexibility index (Phi) is 4.43. The zero-order valence-electron chi connectivity index (χ0n) is 10.1. The standard InChI is InChI=1S/C13H22N2O/c1-2-15(11-13-4-3-9-16-13)8-7-14-10-12-5-6-12/h3-4,9,12,14H,2,5-8,10-11H2,1H3. The Bertz CT molecular complexity index is 280. The van der Waals surface area contributed by atoms with Crippen LogP contribution in [0.2, 0.25) is 0 Å². The molecular formula is C13H22N2O. The molecule has 0 amide bonds. The number of hydrogen-bond acceptors (Lipinski definition) is 3. The molecule has 90 valence electrons. The Morgan fingerprint density at radius 2 is 2.38 bits per heavy atom. The third-order valence-corrected chi connectivity index (χ3v) is 3.14. The summed E-state index contributed by atoms with van der Waals surface area (Å²) in [6.45, 7) is 7.59. The lowest BCUT2D eigenvalue weighted by atomic mass is 10.3. The van der Waals surface area contributed by atoms with Crippen molar-refractivity contribution in [2.24, 2.45) is 5.92 Å². The second-order valence-corrected chi connectivity index (χ2v) is 4.60. The lowest BCUT2D eigenvalue weighted by Gasteiger charge is -2.19. The molecule has 3 heteroatoms. The Balaban J connectivity index is 1.60. The normalized spacial score (nSPS) is 15.9. The molecular weight excluding hydrogens is 200 g/mol. The third-order valence-electron chi connectivity index (χ3n) is 3.14. The van der Waals surface area contributed by atoms with Crippen molar-refractivity contribution in [2.45, 2.75) is 26.3 Å². The minimum atomic E-state index is 0.925. The molecule has 1 saturated carbocycles. The van der Waals surface area contributed by atoms with Crippen molar-refractivity contribution in [1.82, 2.24) is 10.2 Å². The zero-order chi connectivity index (χ0) is 11.2. The Hall–Kier alpha value is -0.800. The van der Waals surface area contributed by atoms with Crippen LogP contribution in [-0.4, -0.2) is 31.1 Å². The molecule has 2 rings (SSSR count). The van der Waals surface area contributed by atoms with Gasteiger partial charge in [0.25, 0.3) is 0 Å². The number of furan rings is 1. The summed E-state index contributed by atoms with van der Waals surface area (Å²) in [5.74, 6) is 2.03. The molecule has 1 heterocycles. The zero-order valence-corrected chi connectivity index (χ0v) is 10.1. The lowest BCUT2D eigenvalue weighted by Crippen LogP contribution is -2.32. The number of nitrogens with zero attached hydrogens (tertiary/aromatic N) is 1. The van der Waals surface area contributed by atoms with Crippen molar-refractivity contribution in [2.75, 3.05) is 26.2 Å². The number of hydrogen-bond donors (Lipinski definition) is 1. The first-order chi connectivity index (χ1) is 7.88. The van der Waals surface area contributed by atoms with Gasteiger partial charge in [0, 0.05) is 13.1 Å². The van der Waals surface area contributed by atoms with E-state index in [4.69, 9.17) is 4.42 Å². The highest BCUT2D eigenvalue weighted by molar-refractivity contribution is 4.97. The van der Waals surface area contributed by atoms with Crippen molar-refractivity contribution in [3.8, 4) is 0 Å². The lowest BCUT2D eigenvalue weighted by molar-refractivity contribution is 0.255. The van der Waals surface area contributed by atoms with Crippen LogP contribution in [0.15, 0.2) is 22.8 Å². The fourth-order valence-corrected chi connectivity index (χ4v) is 1.84. The van der Waals surface area contributed by atoms with Crippen LogP contribution in [0.25, 0.3) is 0 Å². The second-order valence-electron chi connectivity index (χ2n) is 4.60. The maximum absolute atomic E-state index is 5.36. The molecule has 1 fully saturated rings. The Morgan fingerprint density at radius 1 is 1.50 bits per heavy atom. The minimum absolute atomic E-state index is 0.925. The molecule has 0 spiro atoms. The minimum Gasteiger partial charge on any atom is -0.468 e. The fraction of sp³-hybridized carbons (Fsp3) is 0.692. The molecule has 0 bridgehead atoms. The van der Waals surface area contributed by atoms with Gasteiger partial charge in [-0.2, -0.15) is 0 Å². The van der Waals surface area contributed by atoms with Crippen molar-refractivity contribution < 1.29 is 4.42 Å². The molecule has 0 atom stereocenters. The SMILES string of the molecule is CCN(CCNCC1CC1)Cc1ccco1. The van der Waals surface area contributed by atoms with Gasteiger partial charge < -0.3 is 9.73 Å². The molecule has 0 aromatic carbocycles. The van der Waals surface area contributed by atoms with Crippen LogP contribution < -0.4 is 5.32 Å². The first kappa shape index (κ1) is 11.7. The van der Waals surface area contributed by atoms with Gasteiger partial charge in [-0.3, -0.25) is 4.90 Å². The summed E-state index contributed by atoms with van der Waals surface area (Å²) >= 11 is 0. The van der Waals surface area contributed by atoms with Crippen LogP contribution in [-0.2, 0) is 6.54 Å². The molecule has 1 aromatic rings. The maximum atomic E-state index is 5.36. The molecule has 0 radical (unpaired) electrons. The molecule has 0 saturated heterocycles. The van der Waals surface area contributed by atoms with E-state index in [-0.39, 0.29) is 0 Å². The van der Waals surface area contributed by atoms with Crippen molar-refractivity contribution in [3.63, 3.8) is 0 Å². The van der Waals surface area contributed by atoms with Crippen LogP contribution in [0.3, 0.4) is 0 Å². The number of likely N-dealkylation sites (N-methyl/N-ethyl adjacent to an activating group) is 1. The fourth-order valence-electron chi connectivity index (χ4n) is 1.84. The van der Waals surface area contributed by atoms with E-state index in [1.165, 1.54) is 19.4 Å². The van der Waals surface area contributed by atoms with Gasteiger partial charge >= 0.3 is 0 Å². The van der Waals surface area contributed by atoms with Gasteiger partial charge in [-0.1, -0.05) is 6.92 Å². The summed E-state index contributed by atoms with van der Waals surface area (Å²) in [6, 6.07) is 3.99. The molecule has 1 aromatic heterocycles. The quantitative estimate of drug-likeness (QED) is 0.683. The number of rotatable bonds is 8. The molecule has 16 heavy (non-hydrogen) atoms. The highest BCUT2D eigenvalue weighted by atomic mass is 16.3. The topological polar surface area (TPSA) is 28.4 Å². The van der Waals surface area contributed by atoms with Gasteiger partial charge in [0.15, 0.2) is 0 Å². The highest BCUT2D eigenvalue weighted by Crippen LogP contribution is 2.27. The molecule has 3 nitrogen and oxygen atoms in total. The van der Waals surface area contributed by atoms with Gasteiger partial charge in [0.05, 0.1) is 12.8 Å². The smallest absolute Gasteiger partial charge is 0.117 e. The van der Waals surface area contributed by atoms with Gasteiger partial charge in [-0.15, -0.1) is 0 Å². The summed E-state index contributed by atoms with van der Waals surface area (Å²) in [5.41, 5.74) is 0. The summed E-state index contributed by atoms with van der Waals surface area (Å²) in [6.07, 6.45) is 4.60. The summed E-state index contributed by atoms with van der Waals surface area (Å²) in [7, 11) is 0. The van der Waals surface area contributed by atoms with Gasteiger partial charge in [-0.25, -0.2) is 0 Å². The highest BCUT2D eigenvalue weighted by Gasteiger charge is 2.20. The van der Waals surface area contributed by atoms with Crippen LogP contribution in [0, 0.1) is 5.92 Å². The van der Waals surface area contributed by atoms with E-state index in [0.29, 0.717) is 0 Å². The van der Waals surface area contributed by atoms with Crippen molar-refractivity contribution in [1.29, 1.82) is 0 Å². The van der Waals surface area contributed by atoms with Crippen LogP contribution in [0.1, 0.15) is 25.5 Å². The Morgan fingerprint density at radius 3 is 3.00 bits per heavy atom. The summed E-state index contributed by atoms with van der Waals surface area (Å²) in [5, 5.41) is 3.52. The molecule has 1 aliphatic carbocycles.